The van der Waals surface area contributed by atoms with Crippen LogP contribution in [0.2, 0.25) is 0 Å². The van der Waals surface area contributed by atoms with Gasteiger partial charge in [-0.1, -0.05) is 171 Å². The van der Waals surface area contributed by atoms with E-state index < -0.39 is 39.7 Å². The highest BCUT2D eigenvalue weighted by molar-refractivity contribution is 7.90. The molecule has 10 aromatic rings. The van der Waals surface area contributed by atoms with Crippen LogP contribution in [0.5, 0.6) is 0 Å². The maximum absolute atomic E-state index is 12.3. The van der Waals surface area contributed by atoms with E-state index in [1.807, 2.05) is 180 Å². The number of carbonyl (C=O) groups is 5. The second kappa shape index (κ2) is 56.3. The number of alkyl halides is 6. The Morgan fingerprint density at radius 1 is 0.470 bits per heavy atom. The summed E-state index contributed by atoms with van der Waals surface area (Å²) in [7, 11) is 15.5. The first kappa shape index (κ1) is 129. The number of nitrogens with zero attached hydrogens (tertiary/aromatic N) is 23. The van der Waals surface area contributed by atoms with Crippen molar-refractivity contribution in [2.75, 3.05) is 85.0 Å². The minimum absolute atomic E-state index is 0.000744. The van der Waals surface area contributed by atoms with Gasteiger partial charge in [-0.2, -0.15) is 41.6 Å². The van der Waals surface area contributed by atoms with Gasteiger partial charge in [-0.05, 0) is 204 Å². The van der Waals surface area contributed by atoms with Crippen molar-refractivity contribution in [2.24, 2.45) is 43.8 Å². The third-order valence-electron chi connectivity index (χ3n) is 25.0. The van der Waals surface area contributed by atoms with E-state index in [1.165, 1.54) is 56.5 Å². The molecule has 30 nitrogen and oxygen atoms in total. The van der Waals surface area contributed by atoms with Gasteiger partial charge in [0, 0.05) is 183 Å². The number of pyridine rings is 3. The average molecular weight is 2100 g/mol. The van der Waals surface area contributed by atoms with Crippen molar-refractivity contribution in [3.8, 4) is 0 Å². The van der Waals surface area contributed by atoms with E-state index in [-0.39, 0.29) is 75.1 Å². The third-order valence-corrected chi connectivity index (χ3v) is 26.1. The Balaban J connectivity index is 0.000000346. The smallest absolute Gasteiger partial charge is 0.372 e. The molecule has 0 saturated heterocycles. The van der Waals surface area contributed by atoms with Gasteiger partial charge in [-0.25, -0.2) is 47.9 Å². The topological polar surface area (TPSA) is 325 Å². The van der Waals surface area contributed by atoms with Crippen molar-refractivity contribution in [3.63, 3.8) is 0 Å². The molecule has 13 rings (SSSR count). The highest BCUT2D eigenvalue weighted by atomic mass is 32.2. The standard InChI is InChI=1S/C15H22N2O.C14H23N3O.C14H20N2O.C13H19N3O.C12H18N2O.C10H18N3.2C9H13F3N2.C8H12N2O2S.C8H14N2/c1-10(2)13-11(3)8-12(9-16-13)17(5)14(18)15(4)6-7-15;1-9(2)11-8-15-13(16-10(11)3)17(7)12(18)14(4,5)6;1-9(2)13-10(3)7-12(8-15-13)16(4)14(17)11-5-6-11;1-8(2)11-7-14-13(15-9(11)3)16(4)12(17)10-5-6-10;1-8(2)11-7-13-12(6-9(11)3)14(5)10(4)15;1-8(2)10-11-6-9(12(3)4)7-13(10)5;1-6(2)8-4-7(13-14(8)3)5-9(10,11)12;1-4-14-7(6(2)3)5-8(13-14)9(10,11)12;1-6(2)8-9-4-7(5-10-8)13(3,11)12;1-6(2)8-5-7(3)9-10(8)4/h8-10H,6-7H2,1-5H3;8-9H,1-7H3;7-9,11H,5-6H2,1-4H3;7-8,10H,5-6H2,1-4H3;6-8H,1-5H3;6-8H,1-5H3;4,6H,5H2,1-3H3;5-6H,4H2,1-3H3;4-6H,1-3H3;5-6H,1-4H3/q;;;;;+1;;;;. The molecule has 37 heteroatoms. The lowest BCUT2D eigenvalue weighted by molar-refractivity contribution is -0.683. The lowest BCUT2D eigenvalue weighted by Gasteiger charge is -2.24. The molecular weight excluding hydrogens is 1930 g/mol. The van der Waals surface area contributed by atoms with E-state index in [0.29, 0.717) is 77.2 Å². The number of carbonyl (C=O) groups excluding carboxylic acids is 5. The maximum atomic E-state index is 12.3. The van der Waals surface area contributed by atoms with Crippen LogP contribution in [0.4, 0.5) is 61.1 Å². The molecule has 3 aliphatic carbocycles. The fraction of sp³-hybridized carbons (Fsp3) is 0.598. The SMILES string of the molecule is CC(=O)N(C)c1cc(C)c(C(C)C)cn1.CC(C)c1cc(CC(F)(F)F)nn1C.CC(C)c1ncc(N(C)C)c[n+]1C.CC(C)c1ncc(S(C)(=O)=O)cn1.CCn1nc(C(F)(F)F)cc1C(C)C.Cc1cc(C(C)C)n(C)n1.Cc1cc(N(C)C(=O)C2(C)CC2)cnc1C(C)C.Cc1cc(N(C)C(=O)C2CC2)cnc1C(C)C.Cc1nc(N(C)C(=O)C(C)(C)C)ncc1C(C)C.Cc1nc(N(C)C(=O)C2CC2)ncc1C(C)C. The summed E-state index contributed by atoms with van der Waals surface area (Å²) in [5.41, 5.74) is 16.6. The van der Waals surface area contributed by atoms with Gasteiger partial charge in [-0.3, -0.25) is 57.8 Å². The molecule has 0 unspecified atom stereocenters. The Kier molecular flexibility index (Phi) is 48.8. The summed E-state index contributed by atoms with van der Waals surface area (Å²) in [6.45, 7) is 65.0. The molecule has 0 bridgehead atoms. The maximum Gasteiger partial charge on any atom is 0.435 e. The number of halogens is 6. The van der Waals surface area contributed by atoms with Gasteiger partial charge in [0.15, 0.2) is 21.7 Å². The monoisotopic (exact) mass is 2100 g/mol. The van der Waals surface area contributed by atoms with Gasteiger partial charge in [0.2, 0.25) is 41.4 Å². The van der Waals surface area contributed by atoms with E-state index in [1.54, 1.807) is 54.7 Å². The predicted octanol–water partition coefficient (Wildman–Crippen LogP) is 23.5. The van der Waals surface area contributed by atoms with Crippen LogP contribution in [0.3, 0.4) is 0 Å². The molecule has 0 aliphatic heterocycles. The molecule has 0 spiro atoms. The minimum Gasteiger partial charge on any atom is -0.372 e. The van der Waals surface area contributed by atoms with Crippen LogP contribution in [0, 0.1) is 64.2 Å². The van der Waals surface area contributed by atoms with E-state index in [0.717, 1.165) is 130 Å². The van der Waals surface area contributed by atoms with Gasteiger partial charge >= 0.3 is 18.2 Å². The van der Waals surface area contributed by atoms with Gasteiger partial charge in [0.05, 0.1) is 54.5 Å². The van der Waals surface area contributed by atoms with E-state index in [4.69, 9.17) is 0 Å². The zero-order chi connectivity index (χ0) is 114. The van der Waals surface area contributed by atoms with E-state index in [2.05, 4.69) is 217 Å². The quantitative estimate of drug-likeness (QED) is 0.0449. The summed E-state index contributed by atoms with van der Waals surface area (Å²) in [5.74, 6) is 8.14. The molecule has 149 heavy (non-hydrogen) atoms. The Bertz CT molecular complexity index is 5980. The molecule has 0 N–H and O–H groups in total. The van der Waals surface area contributed by atoms with E-state index >= 15 is 0 Å². The second-order valence-electron chi connectivity index (χ2n) is 43.4. The molecule has 5 amide bonds. The first-order valence-electron chi connectivity index (χ1n) is 51.3. The summed E-state index contributed by atoms with van der Waals surface area (Å²) >= 11 is 0. The summed E-state index contributed by atoms with van der Waals surface area (Å²) in [6, 6.07) is 10.8. The fourth-order valence-electron chi connectivity index (χ4n) is 15.5. The Morgan fingerprint density at radius 3 is 1.22 bits per heavy atom. The Morgan fingerprint density at radius 2 is 0.899 bits per heavy atom. The minimum atomic E-state index is -4.34. The van der Waals surface area contributed by atoms with E-state index in [9.17, 15) is 58.7 Å². The molecule has 824 valence electrons. The van der Waals surface area contributed by atoms with Crippen LogP contribution in [-0.2, 0) is 74.1 Å². The highest BCUT2D eigenvalue weighted by Gasteiger charge is 2.47. The van der Waals surface area contributed by atoms with Crippen LogP contribution in [-0.4, -0.2) is 179 Å². The van der Waals surface area contributed by atoms with Crippen LogP contribution >= 0.6 is 0 Å². The van der Waals surface area contributed by atoms with Crippen LogP contribution in [0.25, 0.3) is 0 Å². The number of sulfone groups is 1. The zero-order valence-electron chi connectivity index (χ0n) is 97.1. The van der Waals surface area contributed by atoms with Crippen LogP contribution < -0.4 is 34.0 Å². The summed E-state index contributed by atoms with van der Waals surface area (Å²) in [4.78, 5) is 113. The summed E-state index contributed by atoms with van der Waals surface area (Å²) in [6.07, 6.45) is 13.6. The first-order valence-corrected chi connectivity index (χ1v) is 53.2. The van der Waals surface area contributed by atoms with Gasteiger partial charge in [-0.15, -0.1) is 0 Å². The summed E-state index contributed by atoms with van der Waals surface area (Å²) in [5, 5.41) is 11.6. The lowest BCUT2D eigenvalue weighted by atomic mass is 9.95. The average Bonchev–Trinajstić information content (AvgIpc) is 1.62. The summed E-state index contributed by atoms with van der Waals surface area (Å²) < 4.78 is 102. The van der Waals surface area contributed by atoms with Crippen LogP contribution in [0.1, 0.15) is 380 Å². The normalized spacial score (nSPS) is 13.0. The van der Waals surface area contributed by atoms with Gasteiger partial charge < -0.3 is 19.6 Å². The van der Waals surface area contributed by atoms with Crippen molar-refractivity contribution in [1.29, 1.82) is 0 Å². The zero-order valence-corrected chi connectivity index (χ0v) is 97.9. The lowest BCUT2D eigenvalue weighted by Crippen LogP contribution is -2.37. The van der Waals surface area contributed by atoms with Crippen molar-refractivity contribution >= 4 is 74.1 Å². The largest absolute Gasteiger partial charge is 0.435 e. The number of amides is 5. The van der Waals surface area contributed by atoms with Gasteiger partial charge in [0.25, 0.3) is 0 Å². The van der Waals surface area contributed by atoms with Gasteiger partial charge in [0.1, 0.15) is 28.4 Å². The number of aromatic nitrogens is 17. The molecule has 0 atom stereocenters. The molecule has 10 aromatic heterocycles. The van der Waals surface area contributed by atoms with Crippen molar-refractivity contribution in [2.45, 2.75) is 349 Å². The molecule has 0 radical (unpaired) electrons. The molecule has 3 fully saturated rings. The number of hydrogen-bond acceptors (Lipinski definition) is 21. The van der Waals surface area contributed by atoms with Crippen molar-refractivity contribution in [1.82, 2.24) is 79.2 Å². The number of rotatable bonds is 22. The Hall–Kier alpha value is -11.9. The fourth-order valence-corrected chi connectivity index (χ4v) is 16.0. The highest BCUT2D eigenvalue weighted by Crippen LogP contribution is 2.47. The molecular formula is C112H172F6N23O7S+. The Labute approximate surface area is 884 Å². The van der Waals surface area contributed by atoms with Crippen molar-refractivity contribution in [3.05, 3.63) is 194 Å². The molecule has 0 aromatic carbocycles. The number of anilines is 6. The van der Waals surface area contributed by atoms with Crippen molar-refractivity contribution < 1.29 is 63.3 Å². The number of aryl methyl sites for hydroxylation is 10. The second-order valence-corrected chi connectivity index (χ2v) is 45.4. The molecule has 3 aliphatic rings. The predicted molar refractivity (Wildman–Crippen MR) is 585 cm³/mol. The number of hydrogen-bond donors (Lipinski definition) is 0. The van der Waals surface area contributed by atoms with Crippen LogP contribution in [0.15, 0.2) is 97.1 Å². The first-order chi connectivity index (χ1) is 68.6. The molecule has 3 saturated carbocycles. The third kappa shape index (κ3) is 40.4. The molecule has 10 heterocycles.